The Morgan fingerprint density at radius 3 is 2.95 bits per heavy atom. The van der Waals surface area contributed by atoms with E-state index in [-0.39, 0.29) is 41.2 Å². The molecule has 0 unspecified atom stereocenters. The standard InChI is InChI=1S/C12H15N5O4S/c1-7-4-11(19)17-12(13-7)15-9(16-17)5-10(18)14-8-2-3-22(20,21)6-8/h4,8H,2-3,5-6H2,1H3,(H,14,18)(H,13,15,16)/t8-/m0/s1. The van der Waals surface area contributed by atoms with E-state index < -0.39 is 9.84 Å². The Balaban J connectivity index is 1.72. The van der Waals surface area contributed by atoms with Gasteiger partial charge >= 0.3 is 0 Å². The number of amides is 1. The molecule has 2 N–H and O–H groups in total. The molecule has 0 bridgehead atoms. The first kappa shape index (κ1) is 14.7. The van der Waals surface area contributed by atoms with Crippen molar-refractivity contribution in [2.75, 3.05) is 11.5 Å². The molecule has 0 saturated carbocycles. The fourth-order valence-electron chi connectivity index (χ4n) is 2.46. The second-order valence-electron chi connectivity index (χ2n) is 5.39. The van der Waals surface area contributed by atoms with E-state index in [0.29, 0.717) is 17.9 Å². The number of rotatable bonds is 3. The average Bonchev–Trinajstić information content (AvgIpc) is 2.92. The predicted molar refractivity (Wildman–Crippen MR) is 77.3 cm³/mol. The minimum Gasteiger partial charge on any atom is -0.352 e. The molecule has 9 nitrogen and oxygen atoms in total. The van der Waals surface area contributed by atoms with Crippen molar-refractivity contribution in [3.8, 4) is 0 Å². The van der Waals surface area contributed by atoms with Crippen LogP contribution in [0.3, 0.4) is 0 Å². The zero-order valence-corrected chi connectivity index (χ0v) is 12.7. The Morgan fingerprint density at radius 2 is 2.27 bits per heavy atom. The molecule has 1 aliphatic heterocycles. The molecule has 1 amide bonds. The molecule has 0 aliphatic carbocycles. The van der Waals surface area contributed by atoms with Gasteiger partial charge in [-0.15, -0.1) is 0 Å². The molecular formula is C12H15N5O4S. The summed E-state index contributed by atoms with van der Waals surface area (Å²) in [7, 11) is -3.04. The number of nitrogens with zero attached hydrogens (tertiary/aromatic N) is 3. The predicted octanol–water partition coefficient (Wildman–Crippen LogP) is -1.43. The molecule has 3 heterocycles. The van der Waals surface area contributed by atoms with E-state index in [4.69, 9.17) is 0 Å². The van der Waals surface area contributed by atoms with Crippen molar-refractivity contribution in [3.05, 3.63) is 27.9 Å². The second-order valence-corrected chi connectivity index (χ2v) is 7.61. The van der Waals surface area contributed by atoms with E-state index in [2.05, 4.69) is 20.4 Å². The Labute approximate surface area is 125 Å². The zero-order chi connectivity index (χ0) is 15.9. The quantitative estimate of drug-likeness (QED) is 0.712. The molecule has 0 spiro atoms. The van der Waals surface area contributed by atoms with Crippen molar-refractivity contribution in [1.29, 1.82) is 0 Å². The molecule has 2 aromatic rings. The monoisotopic (exact) mass is 325 g/mol. The third-order valence-electron chi connectivity index (χ3n) is 3.43. The lowest BCUT2D eigenvalue weighted by Gasteiger charge is -2.09. The summed E-state index contributed by atoms with van der Waals surface area (Å²) in [6.07, 6.45) is 0.354. The van der Waals surface area contributed by atoms with Gasteiger partial charge in [0.1, 0.15) is 5.82 Å². The molecule has 22 heavy (non-hydrogen) atoms. The maximum Gasteiger partial charge on any atom is 0.274 e. The fourth-order valence-corrected chi connectivity index (χ4v) is 4.13. The summed E-state index contributed by atoms with van der Waals surface area (Å²) in [6.45, 7) is 1.68. The summed E-state index contributed by atoms with van der Waals surface area (Å²) < 4.78 is 23.9. The third-order valence-corrected chi connectivity index (χ3v) is 5.20. The smallest absolute Gasteiger partial charge is 0.274 e. The molecule has 1 fully saturated rings. The Kier molecular flexibility index (Phi) is 3.47. The van der Waals surface area contributed by atoms with Crippen LogP contribution in [0.5, 0.6) is 0 Å². The summed E-state index contributed by atoms with van der Waals surface area (Å²) in [5.41, 5.74) is 0.243. The van der Waals surface area contributed by atoms with Gasteiger partial charge in [-0.05, 0) is 13.3 Å². The number of carbonyl (C=O) groups is 1. The number of aromatic amines is 1. The van der Waals surface area contributed by atoms with Gasteiger partial charge in [-0.25, -0.2) is 13.4 Å². The van der Waals surface area contributed by atoms with Gasteiger partial charge in [0.05, 0.1) is 17.9 Å². The first-order valence-corrected chi connectivity index (χ1v) is 8.60. The first-order valence-electron chi connectivity index (χ1n) is 6.77. The van der Waals surface area contributed by atoms with Gasteiger partial charge in [0.25, 0.3) is 11.3 Å². The molecule has 118 valence electrons. The summed E-state index contributed by atoms with van der Waals surface area (Å²) in [6, 6.07) is 1.00. The van der Waals surface area contributed by atoms with E-state index in [0.717, 1.165) is 4.52 Å². The second kappa shape index (κ2) is 5.20. The van der Waals surface area contributed by atoms with Crippen LogP contribution in [0.4, 0.5) is 0 Å². The number of hydrogen-bond acceptors (Lipinski definition) is 6. The maximum atomic E-state index is 11.9. The van der Waals surface area contributed by atoms with Crippen molar-refractivity contribution in [3.63, 3.8) is 0 Å². The molecule has 0 aromatic carbocycles. The number of sulfone groups is 1. The van der Waals surface area contributed by atoms with Crippen LogP contribution in [0.15, 0.2) is 10.9 Å². The summed E-state index contributed by atoms with van der Waals surface area (Å²) in [5, 5.41) is 5.38. The molecule has 3 rings (SSSR count). The number of hydrogen-bond donors (Lipinski definition) is 2. The van der Waals surface area contributed by atoms with Gasteiger partial charge < -0.3 is 5.32 Å². The van der Waals surface area contributed by atoms with Crippen LogP contribution in [-0.4, -0.2) is 51.5 Å². The van der Waals surface area contributed by atoms with Crippen molar-refractivity contribution in [2.45, 2.75) is 25.8 Å². The minimum atomic E-state index is -3.04. The lowest BCUT2D eigenvalue weighted by Crippen LogP contribution is -2.36. The van der Waals surface area contributed by atoms with Gasteiger partial charge in [-0.2, -0.15) is 9.50 Å². The van der Waals surface area contributed by atoms with Crippen LogP contribution in [0.25, 0.3) is 5.78 Å². The molecule has 1 aliphatic rings. The third kappa shape index (κ3) is 3.01. The highest BCUT2D eigenvalue weighted by Gasteiger charge is 2.29. The number of aromatic nitrogens is 4. The first-order chi connectivity index (χ1) is 10.3. The van der Waals surface area contributed by atoms with Crippen molar-refractivity contribution in [1.82, 2.24) is 24.9 Å². The van der Waals surface area contributed by atoms with Crippen LogP contribution in [0.1, 0.15) is 17.9 Å². The lowest BCUT2D eigenvalue weighted by atomic mass is 10.2. The Bertz CT molecular complexity index is 898. The average molecular weight is 325 g/mol. The van der Waals surface area contributed by atoms with Crippen molar-refractivity contribution < 1.29 is 13.2 Å². The van der Waals surface area contributed by atoms with E-state index in [9.17, 15) is 18.0 Å². The van der Waals surface area contributed by atoms with Gasteiger partial charge in [-0.1, -0.05) is 0 Å². The number of carbonyl (C=O) groups excluding carboxylic acids is 1. The number of nitrogens with one attached hydrogen (secondary N) is 2. The summed E-state index contributed by atoms with van der Waals surface area (Å²) in [5.74, 6) is 0.232. The lowest BCUT2D eigenvalue weighted by molar-refractivity contribution is -0.121. The SMILES string of the molecule is Cc1cc(=O)n2[nH]c(CC(=O)N[C@H]3CCS(=O)(=O)C3)nc2n1. The number of H-pyrrole nitrogens is 1. The van der Waals surface area contributed by atoms with Crippen LogP contribution < -0.4 is 10.9 Å². The Hall–Kier alpha value is -2.23. The van der Waals surface area contributed by atoms with E-state index >= 15 is 0 Å². The zero-order valence-electron chi connectivity index (χ0n) is 11.9. The van der Waals surface area contributed by atoms with E-state index in [1.165, 1.54) is 6.07 Å². The normalized spacial score (nSPS) is 20.3. The van der Waals surface area contributed by atoms with Crippen LogP contribution in [-0.2, 0) is 21.1 Å². The van der Waals surface area contributed by atoms with Crippen LogP contribution in [0, 0.1) is 6.92 Å². The Morgan fingerprint density at radius 1 is 1.50 bits per heavy atom. The largest absolute Gasteiger partial charge is 0.352 e. The fraction of sp³-hybridized carbons (Fsp3) is 0.500. The van der Waals surface area contributed by atoms with Crippen molar-refractivity contribution in [2.24, 2.45) is 0 Å². The van der Waals surface area contributed by atoms with Gasteiger partial charge in [0.15, 0.2) is 9.84 Å². The van der Waals surface area contributed by atoms with Gasteiger partial charge in [-0.3, -0.25) is 14.7 Å². The van der Waals surface area contributed by atoms with Crippen molar-refractivity contribution >= 4 is 21.5 Å². The molecule has 2 aromatic heterocycles. The van der Waals surface area contributed by atoms with Crippen LogP contribution in [0.2, 0.25) is 0 Å². The number of fused-ring (bicyclic) bond motifs is 1. The maximum absolute atomic E-state index is 11.9. The minimum absolute atomic E-state index is 0.0287. The highest BCUT2D eigenvalue weighted by atomic mass is 32.2. The highest BCUT2D eigenvalue weighted by Crippen LogP contribution is 2.11. The molecular weight excluding hydrogens is 310 g/mol. The topological polar surface area (TPSA) is 126 Å². The highest BCUT2D eigenvalue weighted by molar-refractivity contribution is 7.91. The molecule has 1 saturated heterocycles. The van der Waals surface area contributed by atoms with Gasteiger partial charge in [0, 0.05) is 17.8 Å². The molecule has 1 atom stereocenters. The summed E-state index contributed by atoms with van der Waals surface area (Å²) in [4.78, 5) is 31.9. The number of aryl methyl sites for hydroxylation is 1. The van der Waals surface area contributed by atoms with E-state index in [1.807, 2.05) is 0 Å². The van der Waals surface area contributed by atoms with Crippen LogP contribution >= 0.6 is 0 Å². The van der Waals surface area contributed by atoms with E-state index in [1.54, 1.807) is 6.92 Å². The molecule has 10 heteroatoms. The van der Waals surface area contributed by atoms with Gasteiger partial charge in [0.2, 0.25) is 5.91 Å². The summed E-state index contributed by atoms with van der Waals surface area (Å²) >= 11 is 0. The molecule has 0 radical (unpaired) electrons.